The van der Waals surface area contributed by atoms with E-state index in [1.807, 2.05) is 0 Å². The Morgan fingerprint density at radius 3 is 2.38 bits per heavy atom. The molecule has 1 saturated heterocycles. The van der Waals surface area contributed by atoms with E-state index in [9.17, 15) is 0 Å². The van der Waals surface area contributed by atoms with Crippen molar-refractivity contribution >= 4 is 5.69 Å². The van der Waals surface area contributed by atoms with Gasteiger partial charge in [-0.25, -0.2) is 0 Å². The van der Waals surface area contributed by atoms with Crippen LogP contribution in [0.2, 0.25) is 0 Å². The molecule has 3 nitrogen and oxygen atoms in total. The van der Waals surface area contributed by atoms with Gasteiger partial charge >= 0.3 is 0 Å². The maximum Gasteiger partial charge on any atom is 0.0679 e. The van der Waals surface area contributed by atoms with Crippen LogP contribution in [0.25, 0.3) is 0 Å². The molecule has 0 bridgehead atoms. The van der Waals surface area contributed by atoms with Crippen LogP contribution in [0.4, 0.5) is 5.69 Å². The number of nitrogens with zero attached hydrogens (tertiary/aromatic N) is 1. The molecule has 1 aliphatic heterocycles. The lowest BCUT2D eigenvalue weighted by Gasteiger charge is -2.27. The lowest BCUT2D eigenvalue weighted by atomic mass is 10.1. The van der Waals surface area contributed by atoms with E-state index in [0.29, 0.717) is 0 Å². The molecular formula is C13H21N3. The number of aryl methyl sites for hydroxylation is 2. The first-order valence-corrected chi connectivity index (χ1v) is 5.99. The maximum absolute atomic E-state index is 3.49. The molecule has 0 atom stereocenters. The van der Waals surface area contributed by atoms with Crippen molar-refractivity contribution in [3.05, 3.63) is 29.3 Å². The number of hydrogen-bond acceptors (Lipinski definition) is 3. The summed E-state index contributed by atoms with van der Waals surface area (Å²) in [7, 11) is 0. The van der Waals surface area contributed by atoms with E-state index in [-0.39, 0.29) is 0 Å². The van der Waals surface area contributed by atoms with Gasteiger partial charge in [-0.3, -0.25) is 4.90 Å². The molecule has 0 aromatic heterocycles. The van der Waals surface area contributed by atoms with Crippen molar-refractivity contribution in [1.29, 1.82) is 0 Å². The number of rotatable bonds is 3. The highest BCUT2D eigenvalue weighted by molar-refractivity contribution is 5.48. The Bertz CT molecular complexity index is 323. The van der Waals surface area contributed by atoms with Gasteiger partial charge in [0, 0.05) is 31.9 Å². The fourth-order valence-corrected chi connectivity index (χ4v) is 2.15. The zero-order valence-electron chi connectivity index (χ0n) is 10.2. The van der Waals surface area contributed by atoms with Crippen molar-refractivity contribution < 1.29 is 0 Å². The Kier molecular flexibility index (Phi) is 3.80. The van der Waals surface area contributed by atoms with Gasteiger partial charge < -0.3 is 10.6 Å². The summed E-state index contributed by atoms with van der Waals surface area (Å²) in [5.74, 6) is 0. The molecule has 16 heavy (non-hydrogen) atoms. The van der Waals surface area contributed by atoms with Crippen LogP contribution >= 0.6 is 0 Å². The summed E-state index contributed by atoms with van der Waals surface area (Å²) in [4.78, 5) is 2.44. The van der Waals surface area contributed by atoms with Crippen LogP contribution in [-0.4, -0.2) is 37.7 Å². The predicted molar refractivity (Wildman–Crippen MR) is 68.8 cm³/mol. The quantitative estimate of drug-likeness (QED) is 0.808. The first-order chi connectivity index (χ1) is 7.74. The van der Waals surface area contributed by atoms with Crippen LogP contribution in [-0.2, 0) is 0 Å². The zero-order chi connectivity index (χ0) is 11.4. The molecule has 0 unspecified atom stereocenters. The Morgan fingerprint density at radius 2 is 1.75 bits per heavy atom. The SMILES string of the molecule is Cc1cc(C)cc(NCN2CCNCC2)c1. The lowest BCUT2D eigenvalue weighted by Crippen LogP contribution is -2.45. The van der Waals surface area contributed by atoms with Crippen molar-refractivity contribution in [2.75, 3.05) is 38.2 Å². The molecule has 0 aliphatic carbocycles. The monoisotopic (exact) mass is 219 g/mol. The first kappa shape index (κ1) is 11.4. The fourth-order valence-electron chi connectivity index (χ4n) is 2.15. The molecule has 0 spiro atoms. The molecule has 0 amide bonds. The van der Waals surface area contributed by atoms with Gasteiger partial charge in [0.2, 0.25) is 0 Å². The molecule has 2 rings (SSSR count). The van der Waals surface area contributed by atoms with Crippen LogP contribution < -0.4 is 10.6 Å². The Hall–Kier alpha value is -1.06. The minimum absolute atomic E-state index is 0.949. The third-order valence-electron chi connectivity index (χ3n) is 2.94. The Labute approximate surface area is 97.8 Å². The number of hydrogen-bond donors (Lipinski definition) is 2. The van der Waals surface area contributed by atoms with Crippen molar-refractivity contribution in [2.45, 2.75) is 13.8 Å². The smallest absolute Gasteiger partial charge is 0.0679 e. The minimum Gasteiger partial charge on any atom is -0.372 e. The van der Waals surface area contributed by atoms with E-state index in [2.05, 4.69) is 47.6 Å². The second-order valence-electron chi connectivity index (χ2n) is 4.58. The van der Waals surface area contributed by atoms with Gasteiger partial charge in [-0.1, -0.05) is 6.07 Å². The van der Waals surface area contributed by atoms with Crippen molar-refractivity contribution in [3.63, 3.8) is 0 Å². The van der Waals surface area contributed by atoms with Crippen molar-refractivity contribution in [2.24, 2.45) is 0 Å². The Morgan fingerprint density at radius 1 is 1.12 bits per heavy atom. The molecule has 0 radical (unpaired) electrons. The van der Waals surface area contributed by atoms with Crippen LogP contribution in [0.3, 0.4) is 0 Å². The second-order valence-corrected chi connectivity index (χ2v) is 4.58. The van der Waals surface area contributed by atoms with Gasteiger partial charge in [0.1, 0.15) is 0 Å². The van der Waals surface area contributed by atoms with E-state index >= 15 is 0 Å². The molecule has 1 fully saturated rings. The van der Waals surface area contributed by atoms with E-state index < -0.39 is 0 Å². The van der Waals surface area contributed by atoms with Gasteiger partial charge in [0.25, 0.3) is 0 Å². The topological polar surface area (TPSA) is 27.3 Å². The van der Waals surface area contributed by atoms with E-state index in [1.165, 1.54) is 16.8 Å². The third kappa shape index (κ3) is 3.22. The zero-order valence-corrected chi connectivity index (χ0v) is 10.2. The lowest BCUT2D eigenvalue weighted by molar-refractivity contribution is 0.256. The molecule has 1 aromatic rings. The van der Waals surface area contributed by atoms with E-state index in [1.54, 1.807) is 0 Å². The normalized spacial score (nSPS) is 17.4. The van der Waals surface area contributed by atoms with Crippen molar-refractivity contribution in [3.8, 4) is 0 Å². The fraction of sp³-hybridized carbons (Fsp3) is 0.538. The molecular weight excluding hydrogens is 198 g/mol. The van der Waals surface area contributed by atoms with Crippen LogP contribution in [0.1, 0.15) is 11.1 Å². The summed E-state index contributed by atoms with van der Waals surface area (Å²) < 4.78 is 0. The van der Waals surface area contributed by atoms with Gasteiger partial charge in [0.15, 0.2) is 0 Å². The number of nitrogens with one attached hydrogen (secondary N) is 2. The van der Waals surface area contributed by atoms with Crippen LogP contribution in [0, 0.1) is 13.8 Å². The van der Waals surface area contributed by atoms with Gasteiger partial charge in [0.05, 0.1) is 6.67 Å². The molecule has 1 aliphatic rings. The summed E-state index contributed by atoms with van der Waals surface area (Å²) in [5.41, 5.74) is 3.88. The Balaban J connectivity index is 1.88. The number of anilines is 1. The second kappa shape index (κ2) is 5.32. The maximum atomic E-state index is 3.49. The summed E-state index contributed by atoms with van der Waals surface area (Å²) in [6.45, 7) is 9.72. The summed E-state index contributed by atoms with van der Waals surface area (Å²) in [5, 5.41) is 6.86. The molecule has 1 heterocycles. The molecule has 2 N–H and O–H groups in total. The van der Waals surface area contributed by atoms with E-state index in [0.717, 1.165) is 32.8 Å². The molecule has 0 saturated carbocycles. The standard InChI is InChI=1S/C13H21N3/c1-11-7-12(2)9-13(8-11)15-10-16-5-3-14-4-6-16/h7-9,14-15H,3-6,10H2,1-2H3. The third-order valence-corrected chi connectivity index (χ3v) is 2.94. The van der Waals surface area contributed by atoms with Crippen molar-refractivity contribution in [1.82, 2.24) is 10.2 Å². The largest absolute Gasteiger partial charge is 0.372 e. The summed E-state index contributed by atoms with van der Waals surface area (Å²) in [6, 6.07) is 6.61. The van der Waals surface area contributed by atoms with Gasteiger partial charge in [-0.15, -0.1) is 0 Å². The summed E-state index contributed by atoms with van der Waals surface area (Å²) in [6.07, 6.45) is 0. The van der Waals surface area contributed by atoms with E-state index in [4.69, 9.17) is 0 Å². The van der Waals surface area contributed by atoms with Gasteiger partial charge in [-0.05, 0) is 37.1 Å². The highest BCUT2D eigenvalue weighted by atomic mass is 15.3. The predicted octanol–water partition coefficient (Wildman–Crippen LogP) is 1.58. The van der Waals surface area contributed by atoms with Crippen LogP contribution in [0.5, 0.6) is 0 Å². The first-order valence-electron chi connectivity index (χ1n) is 5.99. The van der Waals surface area contributed by atoms with Gasteiger partial charge in [-0.2, -0.15) is 0 Å². The molecule has 1 aromatic carbocycles. The highest BCUT2D eigenvalue weighted by Gasteiger charge is 2.08. The van der Waals surface area contributed by atoms with Crippen LogP contribution in [0.15, 0.2) is 18.2 Å². The number of piperazine rings is 1. The number of benzene rings is 1. The minimum atomic E-state index is 0.949. The average Bonchev–Trinajstić information content (AvgIpc) is 2.27. The average molecular weight is 219 g/mol. The highest BCUT2D eigenvalue weighted by Crippen LogP contribution is 2.13. The summed E-state index contributed by atoms with van der Waals surface area (Å²) >= 11 is 0. The molecule has 88 valence electrons. The molecule has 3 heteroatoms.